The molecule has 5 nitrogen and oxygen atoms in total. The molecule has 29 heavy (non-hydrogen) atoms. The van der Waals surface area contributed by atoms with Gasteiger partial charge in [0.05, 0.1) is 12.0 Å². The van der Waals surface area contributed by atoms with Gasteiger partial charge in [0.1, 0.15) is 0 Å². The van der Waals surface area contributed by atoms with Gasteiger partial charge in [0.25, 0.3) is 0 Å². The van der Waals surface area contributed by atoms with E-state index in [0.717, 1.165) is 37.8 Å². The summed E-state index contributed by atoms with van der Waals surface area (Å²) < 4.78 is 0. The first-order chi connectivity index (χ1) is 13.9. The van der Waals surface area contributed by atoms with Crippen LogP contribution in [0.3, 0.4) is 0 Å². The molecule has 1 spiro atoms. The van der Waals surface area contributed by atoms with Crippen molar-refractivity contribution in [2.24, 2.45) is 17.6 Å². The molecule has 1 aliphatic carbocycles. The third-order valence-corrected chi connectivity index (χ3v) is 7.79. The third-order valence-electron chi connectivity index (χ3n) is 7.79. The Morgan fingerprint density at radius 1 is 1.14 bits per heavy atom. The topological polar surface area (TPSA) is 66.6 Å². The number of piperidine rings is 1. The minimum Gasteiger partial charge on any atom is -0.368 e. The minimum absolute atomic E-state index is 0.0118. The average Bonchev–Trinajstić information content (AvgIpc) is 2.72. The van der Waals surface area contributed by atoms with Gasteiger partial charge in [-0.2, -0.15) is 0 Å². The van der Waals surface area contributed by atoms with Crippen molar-refractivity contribution in [1.29, 1.82) is 0 Å². The molecule has 2 N–H and O–H groups in total. The Labute approximate surface area is 174 Å². The summed E-state index contributed by atoms with van der Waals surface area (Å²) in [7, 11) is 0. The molecule has 2 heterocycles. The summed E-state index contributed by atoms with van der Waals surface area (Å²) in [5.41, 5.74) is 7.29. The zero-order chi connectivity index (χ0) is 20.6. The van der Waals surface area contributed by atoms with Crippen molar-refractivity contribution in [2.45, 2.75) is 70.4 Å². The Kier molecular flexibility index (Phi) is 5.69. The predicted molar refractivity (Wildman–Crippen MR) is 114 cm³/mol. The minimum atomic E-state index is -0.490. The highest BCUT2D eigenvalue weighted by molar-refractivity contribution is 5.93. The first kappa shape index (κ1) is 20.4. The molecule has 0 bridgehead atoms. The fourth-order valence-corrected chi connectivity index (χ4v) is 6.02. The van der Waals surface area contributed by atoms with Crippen LogP contribution in [0.4, 0.5) is 0 Å². The monoisotopic (exact) mass is 397 g/mol. The SMILES string of the molecule is CC(C)C1CCC(N2CCC3(CC2)C(=O)N(CC(N)=O)Cc2ccccc23)CC1. The molecule has 1 saturated carbocycles. The summed E-state index contributed by atoms with van der Waals surface area (Å²) in [4.78, 5) is 29.4. The summed E-state index contributed by atoms with van der Waals surface area (Å²) in [6.07, 6.45) is 6.91. The van der Waals surface area contributed by atoms with Crippen LogP contribution in [0.1, 0.15) is 63.5 Å². The van der Waals surface area contributed by atoms with Gasteiger partial charge in [-0.25, -0.2) is 0 Å². The number of carbonyl (C=O) groups excluding carboxylic acids is 2. The highest BCUT2D eigenvalue weighted by Gasteiger charge is 2.49. The maximum absolute atomic E-state index is 13.5. The molecule has 0 aromatic heterocycles. The van der Waals surface area contributed by atoms with Crippen LogP contribution in [0.5, 0.6) is 0 Å². The van der Waals surface area contributed by atoms with Crippen molar-refractivity contribution in [1.82, 2.24) is 9.80 Å². The summed E-state index contributed by atoms with van der Waals surface area (Å²) in [6.45, 7) is 7.11. The molecule has 0 atom stereocenters. The van der Waals surface area contributed by atoms with Crippen LogP contribution in [0.2, 0.25) is 0 Å². The molecule has 0 unspecified atom stereocenters. The van der Waals surface area contributed by atoms with E-state index in [0.29, 0.717) is 12.6 Å². The Morgan fingerprint density at radius 2 is 1.79 bits per heavy atom. The number of likely N-dealkylation sites (tertiary alicyclic amines) is 1. The van der Waals surface area contributed by atoms with Crippen LogP contribution in [0.25, 0.3) is 0 Å². The third kappa shape index (κ3) is 3.81. The second-order valence-electron chi connectivity index (χ2n) is 9.72. The molecule has 2 fully saturated rings. The lowest BCUT2D eigenvalue weighted by molar-refractivity contribution is -0.144. The number of hydrogen-bond acceptors (Lipinski definition) is 3. The molecule has 158 valence electrons. The Bertz CT molecular complexity index is 759. The van der Waals surface area contributed by atoms with Gasteiger partial charge >= 0.3 is 0 Å². The van der Waals surface area contributed by atoms with Crippen LogP contribution >= 0.6 is 0 Å². The van der Waals surface area contributed by atoms with E-state index in [-0.39, 0.29) is 12.5 Å². The van der Waals surface area contributed by atoms with Crippen molar-refractivity contribution in [3.63, 3.8) is 0 Å². The van der Waals surface area contributed by atoms with Crippen molar-refractivity contribution in [3.05, 3.63) is 35.4 Å². The largest absolute Gasteiger partial charge is 0.368 e. The second kappa shape index (κ2) is 8.10. The van der Waals surface area contributed by atoms with Gasteiger partial charge in [-0.1, -0.05) is 38.1 Å². The maximum Gasteiger partial charge on any atom is 0.237 e. The van der Waals surface area contributed by atoms with Gasteiger partial charge in [0, 0.05) is 12.6 Å². The van der Waals surface area contributed by atoms with E-state index in [1.165, 1.54) is 36.8 Å². The summed E-state index contributed by atoms with van der Waals surface area (Å²) in [6, 6.07) is 8.94. The van der Waals surface area contributed by atoms with E-state index >= 15 is 0 Å². The number of carbonyl (C=O) groups is 2. The van der Waals surface area contributed by atoms with Gasteiger partial charge in [-0.3, -0.25) is 9.59 Å². The number of fused-ring (bicyclic) bond motifs is 2. The van der Waals surface area contributed by atoms with E-state index in [9.17, 15) is 9.59 Å². The highest BCUT2D eigenvalue weighted by atomic mass is 16.2. The van der Waals surface area contributed by atoms with Crippen molar-refractivity contribution in [3.8, 4) is 0 Å². The molecule has 1 saturated heterocycles. The first-order valence-corrected chi connectivity index (χ1v) is 11.3. The van der Waals surface area contributed by atoms with Crippen LogP contribution < -0.4 is 5.73 Å². The summed E-state index contributed by atoms with van der Waals surface area (Å²) in [5.74, 6) is 1.31. The standard InChI is InChI=1S/C24H35N3O2/c1-17(2)18-7-9-20(10-8-18)26-13-11-24(12-14-26)21-6-4-3-5-19(21)15-27(23(24)29)16-22(25)28/h3-6,17-18,20H,7-16H2,1-2H3,(H2,25,28). The molecular weight excluding hydrogens is 362 g/mol. The quantitative estimate of drug-likeness (QED) is 0.849. The Balaban J connectivity index is 1.50. The summed E-state index contributed by atoms with van der Waals surface area (Å²) >= 11 is 0. The molecule has 3 aliphatic rings. The number of nitrogens with two attached hydrogens (primary N) is 1. The molecule has 2 aliphatic heterocycles. The lowest BCUT2D eigenvalue weighted by Crippen LogP contribution is -2.58. The van der Waals surface area contributed by atoms with Crippen LogP contribution in [0, 0.1) is 11.8 Å². The number of nitrogens with zero attached hydrogens (tertiary/aromatic N) is 2. The smallest absolute Gasteiger partial charge is 0.237 e. The number of benzene rings is 1. The molecule has 2 amide bonds. The molecule has 5 heteroatoms. The molecule has 1 aromatic rings. The van der Waals surface area contributed by atoms with E-state index < -0.39 is 11.3 Å². The molecular formula is C24H35N3O2. The van der Waals surface area contributed by atoms with Crippen molar-refractivity contribution < 1.29 is 9.59 Å². The Hall–Kier alpha value is -1.88. The van der Waals surface area contributed by atoms with Gasteiger partial charge in [-0.15, -0.1) is 0 Å². The Morgan fingerprint density at radius 3 is 2.41 bits per heavy atom. The second-order valence-corrected chi connectivity index (χ2v) is 9.72. The van der Waals surface area contributed by atoms with Crippen molar-refractivity contribution in [2.75, 3.05) is 19.6 Å². The van der Waals surface area contributed by atoms with Gasteiger partial charge in [0.2, 0.25) is 11.8 Å². The zero-order valence-electron chi connectivity index (χ0n) is 17.9. The van der Waals surface area contributed by atoms with Gasteiger partial charge < -0.3 is 15.5 Å². The van der Waals surface area contributed by atoms with Gasteiger partial charge in [-0.05, 0) is 74.6 Å². The van der Waals surface area contributed by atoms with Crippen molar-refractivity contribution >= 4 is 11.8 Å². The fraction of sp³-hybridized carbons (Fsp3) is 0.667. The van der Waals surface area contributed by atoms with E-state index in [1.54, 1.807) is 4.90 Å². The van der Waals surface area contributed by atoms with E-state index in [4.69, 9.17) is 5.73 Å². The van der Waals surface area contributed by atoms with Crippen LogP contribution in [-0.2, 0) is 21.5 Å². The maximum atomic E-state index is 13.5. The molecule has 4 rings (SSSR count). The summed E-state index contributed by atoms with van der Waals surface area (Å²) in [5, 5.41) is 0. The van der Waals surface area contributed by atoms with Crippen LogP contribution in [-0.4, -0.2) is 47.3 Å². The number of rotatable bonds is 4. The zero-order valence-corrected chi connectivity index (χ0v) is 17.9. The van der Waals surface area contributed by atoms with Gasteiger partial charge in [0.15, 0.2) is 0 Å². The normalized spacial score (nSPS) is 27.3. The molecule has 0 radical (unpaired) electrons. The lowest BCUT2D eigenvalue weighted by Gasteiger charge is -2.49. The predicted octanol–water partition coefficient (Wildman–Crippen LogP) is 3.06. The lowest BCUT2D eigenvalue weighted by atomic mass is 9.67. The number of primary amides is 1. The average molecular weight is 398 g/mol. The van der Waals surface area contributed by atoms with Crippen LogP contribution in [0.15, 0.2) is 24.3 Å². The highest BCUT2D eigenvalue weighted by Crippen LogP contribution is 2.44. The first-order valence-electron chi connectivity index (χ1n) is 11.3. The fourth-order valence-electron chi connectivity index (χ4n) is 6.02. The van der Waals surface area contributed by atoms with E-state index in [2.05, 4.69) is 30.9 Å². The number of amides is 2. The van der Waals surface area contributed by atoms with E-state index in [1.807, 2.05) is 12.1 Å². The molecule has 1 aromatic carbocycles. The number of hydrogen-bond donors (Lipinski definition) is 1.